The van der Waals surface area contributed by atoms with E-state index < -0.39 is 21.5 Å². The van der Waals surface area contributed by atoms with Gasteiger partial charge < -0.3 is 5.11 Å². The minimum atomic E-state index is -3.88. The third-order valence-corrected chi connectivity index (χ3v) is 6.34. The van der Waals surface area contributed by atoms with Gasteiger partial charge in [0, 0.05) is 8.95 Å². The molecule has 19 heavy (non-hydrogen) atoms. The number of hydrogen-bond acceptors (Lipinski definition) is 3. The maximum atomic E-state index is 12.3. The van der Waals surface area contributed by atoms with Crippen LogP contribution in [-0.2, 0) is 14.8 Å². The summed E-state index contributed by atoms with van der Waals surface area (Å²) in [5.74, 6) is -1.14. The minimum Gasteiger partial charge on any atom is -0.480 e. The van der Waals surface area contributed by atoms with E-state index in [-0.39, 0.29) is 4.90 Å². The van der Waals surface area contributed by atoms with Crippen molar-refractivity contribution in [3.8, 4) is 0 Å². The molecule has 0 aliphatic heterocycles. The summed E-state index contributed by atoms with van der Waals surface area (Å²) in [7, 11) is -3.88. The highest BCUT2D eigenvalue weighted by atomic mass is 79.9. The van der Waals surface area contributed by atoms with Crippen LogP contribution in [0, 0.1) is 6.92 Å². The Morgan fingerprint density at radius 2 is 1.89 bits per heavy atom. The van der Waals surface area contributed by atoms with Gasteiger partial charge in [0.1, 0.15) is 5.54 Å². The summed E-state index contributed by atoms with van der Waals surface area (Å²) < 4.78 is 27.8. The van der Waals surface area contributed by atoms with Crippen LogP contribution in [0.25, 0.3) is 0 Å². The van der Waals surface area contributed by atoms with E-state index in [0.29, 0.717) is 21.8 Å². The van der Waals surface area contributed by atoms with Crippen molar-refractivity contribution in [2.45, 2.75) is 30.2 Å². The van der Waals surface area contributed by atoms with E-state index in [1.165, 1.54) is 6.07 Å². The van der Waals surface area contributed by atoms with E-state index in [0.717, 1.165) is 5.56 Å². The van der Waals surface area contributed by atoms with Crippen molar-refractivity contribution in [1.29, 1.82) is 0 Å². The largest absolute Gasteiger partial charge is 0.480 e. The van der Waals surface area contributed by atoms with Crippen LogP contribution in [0.15, 0.2) is 26.0 Å². The Morgan fingerprint density at radius 1 is 1.32 bits per heavy atom. The normalized spacial score (nSPS) is 17.2. The fourth-order valence-corrected chi connectivity index (χ4v) is 4.73. The molecule has 2 rings (SSSR count). The van der Waals surface area contributed by atoms with E-state index in [9.17, 15) is 13.2 Å². The van der Waals surface area contributed by atoms with Gasteiger partial charge in [-0.15, -0.1) is 0 Å². The quantitative estimate of drug-likeness (QED) is 0.795. The Labute approximate surface area is 127 Å². The topological polar surface area (TPSA) is 83.5 Å². The molecule has 5 nitrogen and oxygen atoms in total. The number of carboxylic acid groups (broad SMARTS) is 1. The first-order chi connectivity index (χ1) is 8.68. The number of halogens is 2. The van der Waals surface area contributed by atoms with Gasteiger partial charge in [-0.1, -0.05) is 15.9 Å². The zero-order valence-corrected chi connectivity index (χ0v) is 13.9. The lowest BCUT2D eigenvalue weighted by Crippen LogP contribution is -2.43. The number of carbonyl (C=O) groups is 1. The first kappa shape index (κ1) is 15.0. The van der Waals surface area contributed by atoms with Crippen molar-refractivity contribution in [2.24, 2.45) is 0 Å². The van der Waals surface area contributed by atoms with Crippen molar-refractivity contribution < 1.29 is 18.3 Å². The average molecular weight is 413 g/mol. The maximum absolute atomic E-state index is 12.3. The summed E-state index contributed by atoms with van der Waals surface area (Å²) in [6, 6.07) is 3.12. The number of hydrogen-bond donors (Lipinski definition) is 2. The lowest BCUT2D eigenvalue weighted by atomic mass is 10.2. The third kappa shape index (κ3) is 2.86. The van der Waals surface area contributed by atoms with Crippen molar-refractivity contribution in [3.63, 3.8) is 0 Å². The number of sulfonamides is 1. The molecule has 8 heteroatoms. The number of aryl methyl sites for hydroxylation is 1. The molecule has 0 aromatic heterocycles. The van der Waals surface area contributed by atoms with Crippen molar-refractivity contribution in [3.05, 3.63) is 26.6 Å². The van der Waals surface area contributed by atoms with Crippen LogP contribution in [0.4, 0.5) is 0 Å². The Bertz CT molecular complexity index is 653. The highest BCUT2D eigenvalue weighted by molar-refractivity contribution is 9.11. The van der Waals surface area contributed by atoms with Crippen LogP contribution in [0.1, 0.15) is 18.4 Å². The smallest absolute Gasteiger partial charge is 0.324 e. The molecule has 0 atom stereocenters. The summed E-state index contributed by atoms with van der Waals surface area (Å²) in [6.45, 7) is 1.83. The van der Waals surface area contributed by atoms with E-state index in [2.05, 4.69) is 36.6 Å². The van der Waals surface area contributed by atoms with Gasteiger partial charge in [0.05, 0.1) is 4.90 Å². The molecule has 1 aromatic carbocycles. The summed E-state index contributed by atoms with van der Waals surface area (Å²) in [6.07, 6.45) is 0.623. The summed E-state index contributed by atoms with van der Waals surface area (Å²) in [5.41, 5.74) is -0.458. The van der Waals surface area contributed by atoms with E-state index in [1.807, 2.05) is 6.92 Å². The molecule has 0 saturated heterocycles. The van der Waals surface area contributed by atoms with E-state index in [4.69, 9.17) is 5.11 Å². The monoisotopic (exact) mass is 411 g/mol. The van der Waals surface area contributed by atoms with Gasteiger partial charge in [0.2, 0.25) is 10.0 Å². The summed E-state index contributed by atoms with van der Waals surface area (Å²) in [4.78, 5) is 11.1. The molecule has 0 bridgehead atoms. The molecule has 0 radical (unpaired) electrons. The molecule has 1 aliphatic rings. The van der Waals surface area contributed by atoms with E-state index >= 15 is 0 Å². The van der Waals surface area contributed by atoms with Crippen molar-refractivity contribution >= 4 is 47.9 Å². The molecule has 0 heterocycles. The fraction of sp³-hybridized carbons (Fsp3) is 0.364. The second kappa shape index (κ2) is 4.83. The minimum absolute atomic E-state index is 0.0255. The molecule has 0 unspecified atom stereocenters. The van der Waals surface area contributed by atoms with Gasteiger partial charge in [0.25, 0.3) is 0 Å². The predicted octanol–water partition coefficient (Wildman–Crippen LogP) is 2.42. The van der Waals surface area contributed by atoms with Crippen molar-refractivity contribution in [2.75, 3.05) is 0 Å². The van der Waals surface area contributed by atoms with Crippen LogP contribution in [-0.4, -0.2) is 25.0 Å². The second-order valence-electron chi connectivity index (χ2n) is 4.52. The average Bonchev–Trinajstić information content (AvgIpc) is 3.03. The second-order valence-corrected chi connectivity index (χ2v) is 7.88. The summed E-state index contributed by atoms with van der Waals surface area (Å²) >= 11 is 6.46. The molecule has 0 amide bonds. The summed E-state index contributed by atoms with van der Waals surface area (Å²) in [5, 5.41) is 9.03. The van der Waals surface area contributed by atoms with Crippen LogP contribution >= 0.6 is 31.9 Å². The fourth-order valence-electron chi connectivity index (χ4n) is 1.63. The number of carboxylic acids is 1. The first-order valence-electron chi connectivity index (χ1n) is 5.41. The van der Waals surface area contributed by atoms with Gasteiger partial charge in [0.15, 0.2) is 0 Å². The highest BCUT2D eigenvalue weighted by Gasteiger charge is 2.53. The molecule has 2 N–H and O–H groups in total. The molecule has 1 saturated carbocycles. The number of benzene rings is 1. The number of rotatable bonds is 4. The number of nitrogens with one attached hydrogen (secondary N) is 1. The standard InChI is InChI=1S/C11H11Br2NO4S/c1-6-4-8(13)9(5-7(6)12)19(17,18)14-11(2-3-11)10(15)16/h4-5,14H,2-3H2,1H3,(H,15,16). The van der Waals surface area contributed by atoms with E-state index in [1.54, 1.807) is 6.07 Å². The Hall–Kier alpha value is -0.440. The van der Waals surface area contributed by atoms with Crippen molar-refractivity contribution in [1.82, 2.24) is 4.72 Å². The molecule has 104 valence electrons. The predicted molar refractivity (Wildman–Crippen MR) is 76.5 cm³/mol. The molecular weight excluding hydrogens is 402 g/mol. The van der Waals surface area contributed by atoms with Gasteiger partial charge in [-0.3, -0.25) is 4.79 Å². The Morgan fingerprint density at radius 3 is 2.37 bits per heavy atom. The molecule has 0 spiro atoms. The lowest BCUT2D eigenvalue weighted by Gasteiger charge is -2.14. The first-order valence-corrected chi connectivity index (χ1v) is 8.48. The molecule has 1 fully saturated rings. The maximum Gasteiger partial charge on any atom is 0.324 e. The van der Waals surface area contributed by atoms with Crippen LogP contribution in [0.3, 0.4) is 0 Å². The van der Waals surface area contributed by atoms with Crippen LogP contribution < -0.4 is 4.72 Å². The SMILES string of the molecule is Cc1cc(Br)c(S(=O)(=O)NC2(C(=O)O)CC2)cc1Br. The van der Waals surface area contributed by atoms with Gasteiger partial charge in [-0.25, -0.2) is 8.42 Å². The van der Waals surface area contributed by atoms with Gasteiger partial charge >= 0.3 is 5.97 Å². The Kier molecular flexibility index (Phi) is 3.81. The molecular formula is C11H11Br2NO4S. The highest BCUT2D eigenvalue weighted by Crippen LogP contribution is 2.38. The number of aliphatic carboxylic acids is 1. The molecule has 1 aromatic rings. The third-order valence-electron chi connectivity index (χ3n) is 2.99. The lowest BCUT2D eigenvalue weighted by molar-refractivity contribution is -0.140. The van der Waals surface area contributed by atoms with Crippen LogP contribution in [0.2, 0.25) is 0 Å². The zero-order valence-electron chi connectivity index (χ0n) is 9.91. The van der Waals surface area contributed by atoms with Gasteiger partial charge in [-0.05, 0) is 53.4 Å². The van der Waals surface area contributed by atoms with Crippen LogP contribution in [0.5, 0.6) is 0 Å². The van der Waals surface area contributed by atoms with Gasteiger partial charge in [-0.2, -0.15) is 4.72 Å². The zero-order chi connectivity index (χ0) is 14.4. The Balaban J connectivity index is 2.41. The molecule has 1 aliphatic carbocycles.